The van der Waals surface area contributed by atoms with Crippen LogP contribution in [-0.2, 0) is 25.6 Å². The van der Waals surface area contributed by atoms with Gasteiger partial charge >= 0.3 is 5.97 Å². The minimum absolute atomic E-state index is 0.189. The molecule has 1 heterocycles. The van der Waals surface area contributed by atoms with Crippen molar-refractivity contribution in [1.82, 2.24) is 16.0 Å². The molecule has 0 saturated carbocycles. The van der Waals surface area contributed by atoms with Crippen LogP contribution < -0.4 is 21.7 Å². The zero-order valence-electron chi connectivity index (χ0n) is 14.8. The Labute approximate surface area is 156 Å². The van der Waals surface area contributed by atoms with Crippen LogP contribution in [0.15, 0.2) is 30.3 Å². The summed E-state index contributed by atoms with van der Waals surface area (Å²) in [5.74, 6) is -3.21. The van der Waals surface area contributed by atoms with Crippen molar-refractivity contribution in [2.24, 2.45) is 5.73 Å². The largest absolute Gasteiger partial charge is 0.480 e. The summed E-state index contributed by atoms with van der Waals surface area (Å²) in [4.78, 5) is 47.3. The van der Waals surface area contributed by atoms with Crippen molar-refractivity contribution in [3.63, 3.8) is 0 Å². The Morgan fingerprint density at radius 1 is 1.15 bits per heavy atom. The Bertz CT molecular complexity index is 688. The first-order valence-corrected chi connectivity index (χ1v) is 8.76. The summed E-state index contributed by atoms with van der Waals surface area (Å²) in [7, 11) is 0. The van der Waals surface area contributed by atoms with Gasteiger partial charge in [-0.1, -0.05) is 30.3 Å². The zero-order valence-corrected chi connectivity index (χ0v) is 14.8. The average molecular weight is 376 g/mol. The molecule has 9 heteroatoms. The lowest BCUT2D eigenvalue weighted by atomic mass is 10.0. The molecular formula is C18H24N4O5. The maximum absolute atomic E-state index is 12.6. The van der Waals surface area contributed by atoms with E-state index in [1.165, 1.54) is 0 Å². The Morgan fingerprint density at radius 2 is 1.85 bits per heavy atom. The smallest absolute Gasteiger partial charge is 0.326 e. The summed E-state index contributed by atoms with van der Waals surface area (Å²) < 4.78 is 0. The standard InChI is InChI=1S/C18H24N4O5/c19-15(23)10-14(18(26)27)22-17(25)13(9-11-5-2-1-3-6-11)21-16(24)12-7-4-8-20-12/h1-3,5-6,12-14,20H,4,7-10H2,(H2,19,23)(H,21,24)(H,22,25)(H,26,27). The van der Waals surface area contributed by atoms with Gasteiger partial charge in [0.25, 0.3) is 0 Å². The predicted molar refractivity (Wildman–Crippen MR) is 96.5 cm³/mol. The molecular weight excluding hydrogens is 352 g/mol. The molecule has 0 bridgehead atoms. The van der Waals surface area contributed by atoms with Crippen LogP contribution in [0, 0.1) is 0 Å². The van der Waals surface area contributed by atoms with Crippen molar-refractivity contribution in [2.75, 3.05) is 6.54 Å². The summed E-state index contributed by atoms with van der Waals surface area (Å²) in [6.45, 7) is 0.729. The van der Waals surface area contributed by atoms with Crippen molar-refractivity contribution >= 4 is 23.7 Å². The predicted octanol–water partition coefficient (Wildman–Crippen LogP) is -1.09. The lowest BCUT2D eigenvalue weighted by Crippen LogP contribution is -2.55. The van der Waals surface area contributed by atoms with E-state index >= 15 is 0 Å². The molecule has 1 aromatic carbocycles. The van der Waals surface area contributed by atoms with Crippen molar-refractivity contribution < 1.29 is 24.3 Å². The van der Waals surface area contributed by atoms with E-state index in [2.05, 4.69) is 16.0 Å². The third-order valence-electron chi connectivity index (χ3n) is 4.31. The number of hydrogen-bond donors (Lipinski definition) is 5. The Hall–Kier alpha value is -2.94. The van der Waals surface area contributed by atoms with Gasteiger partial charge < -0.3 is 26.8 Å². The first-order chi connectivity index (χ1) is 12.9. The van der Waals surface area contributed by atoms with Gasteiger partial charge in [0.2, 0.25) is 17.7 Å². The van der Waals surface area contributed by atoms with E-state index in [9.17, 15) is 24.3 Å². The molecule has 3 atom stereocenters. The molecule has 0 radical (unpaired) electrons. The van der Waals surface area contributed by atoms with E-state index < -0.39 is 36.3 Å². The molecule has 0 spiro atoms. The number of aliphatic carboxylic acids is 1. The van der Waals surface area contributed by atoms with Gasteiger partial charge in [0.05, 0.1) is 12.5 Å². The second kappa shape index (κ2) is 9.67. The minimum atomic E-state index is -1.45. The number of nitrogens with two attached hydrogens (primary N) is 1. The Morgan fingerprint density at radius 3 is 2.41 bits per heavy atom. The van der Waals surface area contributed by atoms with Crippen LogP contribution in [0.25, 0.3) is 0 Å². The number of primary amides is 1. The van der Waals surface area contributed by atoms with Crippen LogP contribution in [-0.4, -0.2) is 53.5 Å². The van der Waals surface area contributed by atoms with E-state index in [-0.39, 0.29) is 18.4 Å². The fourth-order valence-electron chi connectivity index (χ4n) is 2.91. The normalized spacial score (nSPS) is 18.3. The van der Waals surface area contributed by atoms with Crippen LogP contribution in [0.2, 0.25) is 0 Å². The molecule has 0 aromatic heterocycles. The molecule has 0 aliphatic carbocycles. The number of carboxylic acids is 1. The molecule has 1 aliphatic heterocycles. The van der Waals surface area contributed by atoms with Crippen LogP contribution in [0.5, 0.6) is 0 Å². The summed E-state index contributed by atoms with van der Waals surface area (Å²) in [5.41, 5.74) is 5.84. The van der Waals surface area contributed by atoms with E-state index in [0.717, 1.165) is 18.5 Å². The van der Waals surface area contributed by atoms with Gasteiger partial charge in [0, 0.05) is 6.42 Å². The quantitative estimate of drug-likeness (QED) is 0.369. The van der Waals surface area contributed by atoms with E-state index in [4.69, 9.17) is 5.73 Å². The zero-order chi connectivity index (χ0) is 19.8. The van der Waals surface area contributed by atoms with Gasteiger partial charge in [0.1, 0.15) is 12.1 Å². The lowest BCUT2D eigenvalue weighted by molar-refractivity contribution is -0.143. The summed E-state index contributed by atoms with van der Waals surface area (Å²) in [6.07, 6.45) is 1.20. The SMILES string of the molecule is NC(=O)CC(NC(=O)C(Cc1ccccc1)NC(=O)C1CCCN1)C(=O)O. The second-order valence-electron chi connectivity index (χ2n) is 6.47. The van der Waals surface area contributed by atoms with E-state index in [1.54, 1.807) is 24.3 Å². The van der Waals surface area contributed by atoms with Gasteiger partial charge in [-0.15, -0.1) is 0 Å². The lowest BCUT2D eigenvalue weighted by Gasteiger charge is -2.22. The van der Waals surface area contributed by atoms with Crippen molar-refractivity contribution in [3.05, 3.63) is 35.9 Å². The van der Waals surface area contributed by atoms with Gasteiger partial charge in [-0.25, -0.2) is 4.79 Å². The number of carbonyl (C=O) groups is 4. The Balaban J connectivity index is 2.11. The van der Waals surface area contributed by atoms with Crippen molar-refractivity contribution in [3.8, 4) is 0 Å². The first-order valence-electron chi connectivity index (χ1n) is 8.76. The fraction of sp³-hybridized carbons (Fsp3) is 0.444. The molecule has 3 unspecified atom stereocenters. The monoisotopic (exact) mass is 376 g/mol. The molecule has 2 rings (SSSR count). The van der Waals surface area contributed by atoms with Gasteiger partial charge in [0.15, 0.2) is 0 Å². The van der Waals surface area contributed by atoms with Crippen molar-refractivity contribution in [1.29, 1.82) is 0 Å². The third-order valence-corrected chi connectivity index (χ3v) is 4.31. The topological polar surface area (TPSA) is 151 Å². The highest BCUT2D eigenvalue weighted by Crippen LogP contribution is 2.08. The van der Waals surface area contributed by atoms with Gasteiger partial charge in [-0.2, -0.15) is 0 Å². The number of hydrogen-bond acceptors (Lipinski definition) is 5. The number of nitrogens with one attached hydrogen (secondary N) is 3. The van der Waals surface area contributed by atoms with E-state index in [1.807, 2.05) is 6.07 Å². The molecule has 1 aliphatic rings. The fourth-order valence-corrected chi connectivity index (χ4v) is 2.91. The van der Waals surface area contributed by atoms with Crippen LogP contribution >= 0.6 is 0 Å². The Kier molecular flexibility index (Phi) is 7.30. The summed E-state index contributed by atoms with van der Waals surface area (Å²) in [5, 5.41) is 17.2. The average Bonchev–Trinajstić information content (AvgIpc) is 3.15. The van der Waals surface area contributed by atoms with E-state index in [0.29, 0.717) is 6.42 Å². The molecule has 1 aromatic rings. The molecule has 1 saturated heterocycles. The summed E-state index contributed by atoms with van der Waals surface area (Å²) >= 11 is 0. The molecule has 1 fully saturated rings. The minimum Gasteiger partial charge on any atom is -0.480 e. The second-order valence-corrected chi connectivity index (χ2v) is 6.47. The highest BCUT2D eigenvalue weighted by atomic mass is 16.4. The molecule has 9 nitrogen and oxygen atoms in total. The maximum atomic E-state index is 12.6. The third kappa shape index (κ3) is 6.37. The number of carbonyl (C=O) groups excluding carboxylic acids is 3. The van der Waals surface area contributed by atoms with Crippen LogP contribution in [0.4, 0.5) is 0 Å². The highest BCUT2D eigenvalue weighted by molar-refractivity contribution is 5.93. The number of carboxylic acid groups (broad SMARTS) is 1. The first kappa shape index (κ1) is 20.4. The number of benzene rings is 1. The molecule has 3 amide bonds. The van der Waals surface area contributed by atoms with Crippen LogP contribution in [0.1, 0.15) is 24.8 Å². The number of rotatable bonds is 9. The van der Waals surface area contributed by atoms with Gasteiger partial charge in [-0.3, -0.25) is 14.4 Å². The number of amides is 3. The van der Waals surface area contributed by atoms with Crippen molar-refractivity contribution in [2.45, 2.75) is 43.8 Å². The maximum Gasteiger partial charge on any atom is 0.326 e. The van der Waals surface area contributed by atoms with Gasteiger partial charge in [-0.05, 0) is 24.9 Å². The molecule has 146 valence electrons. The van der Waals surface area contributed by atoms with Crippen LogP contribution in [0.3, 0.4) is 0 Å². The molecule has 27 heavy (non-hydrogen) atoms. The highest BCUT2D eigenvalue weighted by Gasteiger charge is 2.30. The molecule has 6 N–H and O–H groups in total. The summed E-state index contributed by atoms with van der Waals surface area (Å²) in [6, 6.07) is 6.24.